The van der Waals surface area contributed by atoms with E-state index >= 15 is 0 Å². The molecule has 1 aromatic carbocycles. The molecular weight excluding hydrogens is 262 g/mol. The van der Waals surface area contributed by atoms with Crippen LogP contribution in [0.4, 0.5) is 5.95 Å². The molecule has 0 saturated carbocycles. The van der Waals surface area contributed by atoms with Crippen LogP contribution in [-0.2, 0) is 6.54 Å². The van der Waals surface area contributed by atoms with E-state index in [-0.39, 0.29) is 0 Å². The molecule has 5 nitrogen and oxygen atoms in total. The van der Waals surface area contributed by atoms with E-state index in [0.717, 1.165) is 23.9 Å². The Morgan fingerprint density at radius 1 is 1.19 bits per heavy atom. The Hall–Kier alpha value is -1.88. The van der Waals surface area contributed by atoms with Crippen molar-refractivity contribution in [3.05, 3.63) is 29.8 Å². The summed E-state index contributed by atoms with van der Waals surface area (Å²) < 4.78 is 1.93. The zero-order chi connectivity index (χ0) is 15.6. The van der Waals surface area contributed by atoms with Gasteiger partial charge in [0, 0.05) is 32.2 Å². The number of nitrogens with zero attached hydrogens (tertiary/aromatic N) is 5. The normalized spacial score (nSPS) is 12.7. The highest BCUT2D eigenvalue weighted by molar-refractivity contribution is 5.58. The molecule has 1 aromatic heterocycles. The predicted octanol–water partition coefficient (Wildman–Crippen LogP) is 2.65. The van der Waals surface area contributed by atoms with Crippen LogP contribution < -0.4 is 4.90 Å². The van der Waals surface area contributed by atoms with Gasteiger partial charge in [0.15, 0.2) is 5.82 Å². The number of rotatable bonds is 5. The van der Waals surface area contributed by atoms with Crippen molar-refractivity contribution < 1.29 is 0 Å². The smallest absolute Gasteiger partial charge is 0.223 e. The van der Waals surface area contributed by atoms with E-state index in [1.165, 1.54) is 5.56 Å². The van der Waals surface area contributed by atoms with Gasteiger partial charge < -0.3 is 9.80 Å². The van der Waals surface area contributed by atoms with Crippen LogP contribution in [0.15, 0.2) is 24.3 Å². The minimum atomic E-state index is 0.367. The molecule has 2 aromatic rings. The number of aromatic nitrogens is 3. The topological polar surface area (TPSA) is 37.2 Å². The lowest BCUT2D eigenvalue weighted by Gasteiger charge is -2.20. The van der Waals surface area contributed by atoms with Gasteiger partial charge in [-0.25, -0.2) is 4.68 Å². The quantitative estimate of drug-likeness (QED) is 0.847. The maximum absolute atomic E-state index is 4.66. The van der Waals surface area contributed by atoms with E-state index in [1.807, 2.05) is 23.7 Å². The van der Waals surface area contributed by atoms with Crippen LogP contribution in [0.5, 0.6) is 0 Å². The maximum Gasteiger partial charge on any atom is 0.223 e. The molecule has 1 heterocycles. The molecule has 0 radical (unpaired) electrons. The molecule has 0 spiro atoms. The molecule has 114 valence electrons. The van der Waals surface area contributed by atoms with Crippen LogP contribution in [0.3, 0.4) is 0 Å². The SMILES string of the molecule is CCn1nc(-c2cccc([C@@H](C)N(C)C)c2)nc1N(C)C. The zero-order valence-electron chi connectivity index (χ0n) is 13.8. The Morgan fingerprint density at radius 2 is 1.90 bits per heavy atom. The van der Waals surface area contributed by atoms with Crippen molar-refractivity contribution in [1.29, 1.82) is 0 Å². The minimum Gasteiger partial charge on any atom is -0.347 e. The first-order chi connectivity index (χ1) is 9.93. The lowest BCUT2D eigenvalue weighted by molar-refractivity contribution is 0.321. The van der Waals surface area contributed by atoms with Crippen molar-refractivity contribution in [2.45, 2.75) is 26.4 Å². The Balaban J connectivity index is 2.41. The fraction of sp³-hybridized carbons (Fsp3) is 0.500. The first-order valence-corrected chi connectivity index (χ1v) is 7.33. The van der Waals surface area contributed by atoms with Gasteiger partial charge in [-0.2, -0.15) is 4.98 Å². The van der Waals surface area contributed by atoms with E-state index in [0.29, 0.717) is 6.04 Å². The molecule has 0 fully saturated rings. The second-order valence-corrected chi connectivity index (χ2v) is 5.71. The number of benzene rings is 1. The average molecular weight is 287 g/mol. The van der Waals surface area contributed by atoms with Gasteiger partial charge >= 0.3 is 0 Å². The van der Waals surface area contributed by atoms with Gasteiger partial charge in [0.05, 0.1) is 0 Å². The molecule has 2 rings (SSSR count). The molecule has 0 bridgehead atoms. The van der Waals surface area contributed by atoms with Crippen molar-refractivity contribution in [1.82, 2.24) is 19.7 Å². The predicted molar refractivity (Wildman–Crippen MR) is 87.6 cm³/mol. The highest BCUT2D eigenvalue weighted by Gasteiger charge is 2.14. The van der Waals surface area contributed by atoms with Crippen LogP contribution in [0.25, 0.3) is 11.4 Å². The Bertz CT molecular complexity index is 600. The third-order valence-corrected chi connectivity index (χ3v) is 3.75. The summed E-state index contributed by atoms with van der Waals surface area (Å²) in [5.74, 6) is 1.67. The van der Waals surface area contributed by atoms with Crippen molar-refractivity contribution in [3.63, 3.8) is 0 Å². The Kier molecular flexibility index (Phi) is 4.63. The first-order valence-electron chi connectivity index (χ1n) is 7.33. The Labute approximate surface area is 127 Å². The molecule has 0 N–H and O–H groups in total. The van der Waals surface area contributed by atoms with Gasteiger partial charge in [0.25, 0.3) is 0 Å². The summed E-state index contributed by atoms with van der Waals surface area (Å²) in [4.78, 5) is 8.85. The van der Waals surface area contributed by atoms with E-state index < -0.39 is 0 Å². The molecule has 0 aliphatic carbocycles. The van der Waals surface area contributed by atoms with E-state index in [1.54, 1.807) is 0 Å². The molecule has 5 heteroatoms. The fourth-order valence-corrected chi connectivity index (χ4v) is 2.23. The van der Waals surface area contributed by atoms with Crippen LogP contribution in [0, 0.1) is 0 Å². The number of hydrogen-bond donors (Lipinski definition) is 0. The Morgan fingerprint density at radius 3 is 2.43 bits per heavy atom. The van der Waals surface area contributed by atoms with E-state index in [4.69, 9.17) is 0 Å². The van der Waals surface area contributed by atoms with E-state index in [2.05, 4.69) is 67.2 Å². The van der Waals surface area contributed by atoms with Gasteiger partial charge in [0.1, 0.15) is 0 Å². The summed E-state index contributed by atoms with van der Waals surface area (Å²) >= 11 is 0. The molecule has 0 amide bonds. The van der Waals surface area contributed by atoms with Crippen LogP contribution >= 0.6 is 0 Å². The first kappa shape index (κ1) is 15.5. The second-order valence-electron chi connectivity index (χ2n) is 5.71. The third kappa shape index (κ3) is 3.24. The molecule has 0 aliphatic rings. The summed E-state index contributed by atoms with van der Waals surface area (Å²) in [5, 5.41) is 4.62. The van der Waals surface area contributed by atoms with Crippen LogP contribution in [0.1, 0.15) is 25.5 Å². The lowest BCUT2D eigenvalue weighted by atomic mass is 10.0. The average Bonchev–Trinajstić information content (AvgIpc) is 2.91. The maximum atomic E-state index is 4.66. The highest BCUT2D eigenvalue weighted by Crippen LogP contribution is 2.24. The molecular formula is C16H25N5. The number of anilines is 1. The van der Waals surface area contributed by atoms with Gasteiger partial charge in [0.2, 0.25) is 5.95 Å². The van der Waals surface area contributed by atoms with Crippen molar-refractivity contribution in [2.75, 3.05) is 33.1 Å². The summed E-state index contributed by atoms with van der Waals surface area (Å²) in [5.41, 5.74) is 2.34. The van der Waals surface area contributed by atoms with Gasteiger partial charge in [-0.3, -0.25) is 0 Å². The monoisotopic (exact) mass is 287 g/mol. The van der Waals surface area contributed by atoms with Gasteiger partial charge in [-0.15, -0.1) is 5.10 Å². The van der Waals surface area contributed by atoms with Crippen molar-refractivity contribution >= 4 is 5.95 Å². The second kappa shape index (κ2) is 6.26. The van der Waals surface area contributed by atoms with Gasteiger partial charge in [-0.1, -0.05) is 18.2 Å². The van der Waals surface area contributed by atoms with Crippen molar-refractivity contribution in [3.8, 4) is 11.4 Å². The van der Waals surface area contributed by atoms with Crippen LogP contribution in [0.2, 0.25) is 0 Å². The molecule has 0 saturated heterocycles. The molecule has 0 aliphatic heterocycles. The fourth-order valence-electron chi connectivity index (χ4n) is 2.23. The van der Waals surface area contributed by atoms with Gasteiger partial charge in [-0.05, 0) is 39.6 Å². The molecule has 0 unspecified atom stereocenters. The lowest BCUT2D eigenvalue weighted by Crippen LogP contribution is -2.16. The summed E-state index contributed by atoms with van der Waals surface area (Å²) in [7, 11) is 8.16. The van der Waals surface area contributed by atoms with Crippen LogP contribution in [-0.4, -0.2) is 47.9 Å². The highest BCUT2D eigenvalue weighted by atomic mass is 15.4. The minimum absolute atomic E-state index is 0.367. The largest absolute Gasteiger partial charge is 0.347 e. The molecule has 21 heavy (non-hydrogen) atoms. The van der Waals surface area contributed by atoms with Crippen molar-refractivity contribution in [2.24, 2.45) is 0 Å². The van der Waals surface area contributed by atoms with E-state index in [9.17, 15) is 0 Å². The summed E-state index contributed by atoms with van der Waals surface area (Å²) in [6.07, 6.45) is 0. The molecule has 1 atom stereocenters. The number of hydrogen-bond acceptors (Lipinski definition) is 4. The number of aryl methyl sites for hydroxylation is 1. The summed E-state index contributed by atoms with van der Waals surface area (Å²) in [6.45, 7) is 5.09. The third-order valence-electron chi connectivity index (χ3n) is 3.75. The summed E-state index contributed by atoms with van der Waals surface area (Å²) in [6, 6.07) is 8.84. The standard InChI is InChI=1S/C16H25N5/c1-7-21-16(20(5)6)17-15(18-21)14-10-8-9-13(11-14)12(2)19(3)4/h8-12H,7H2,1-6H3/t12-/m1/s1. The zero-order valence-corrected chi connectivity index (χ0v) is 13.8.